The van der Waals surface area contributed by atoms with Crippen LogP contribution in [-0.4, -0.2) is 38.2 Å². The third kappa shape index (κ3) is 4.10. The van der Waals surface area contributed by atoms with Gasteiger partial charge in [-0.3, -0.25) is 0 Å². The highest BCUT2D eigenvalue weighted by Gasteiger charge is 2.43. The lowest BCUT2D eigenvalue weighted by Crippen LogP contribution is -2.42. The first kappa shape index (κ1) is 21.2. The van der Waals surface area contributed by atoms with E-state index in [0.29, 0.717) is 0 Å². The summed E-state index contributed by atoms with van der Waals surface area (Å²) in [5.41, 5.74) is -0.583. The monoisotopic (exact) mass is 467 g/mol. The van der Waals surface area contributed by atoms with Gasteiger partial charge in [-0.1, -0.05) is 12.1 Å². The first-order valence-corrected chi connectivity index (χ1v) is 10.1. The number of phenolic OH excluding ortho intramolecular Hbond substituents is 1. The molecule has 0 spiro atoms. The molecule has 10 nitrogen and oxygen atoms in total. The Kier molecular flexibility index (Phi) is 5.05. The Morgan fingerprint density at radius 2 is 1.84 bits per heavy atom. The molecule has 14 heteroatoms. The molecule has 4 rings (SSSR count). The zero-order chi connectivity index (χ0) is 23.1. The quantitative estimate of drug-likeness (QED) is 0.584. The maximum absolute atomic E-state index is 13.8. The summed E-state index contributed by atoms with van der Waals surface area (Å²) in [7, 11) is -4.48. The molecule has 0 aliphatic carbocycles. The number of nitrogens with zero attached hydrogens (tertiary/aromatic N) is 3. The molecule has 2 aliphatic rings. The van der Waals surface area contributed by atoms with Crippen LogP contribution in [0.15, 0.2) is 45.2 Å². The van der Waals surface area contributed by atoms with E-state index in [4.69, 9.17) is 14.7 Å². The van der Waals surface area contributed by atoms with Crippen LogP contribution in [0.3, 0.4) is 0 Å². The number of hydrogen-bond donors (Lipinski definition) is 3. The number of para-hydroxylation sites is 1. The Bertz CT molecular complexity index is 1300. The molecule has 2 aromatic carbocycles. The number of halogens is 3. The van der Waals surface area contributed by atoms with Gasteiger partial charge in [0.05, 0.1) is 11.3 Å². The van der Waals surface area contributed by atoms with Crippen LogP contribution in [0.1, 0.15) is 17.2 Å². The molecule has 0 saturated heterocycles. The molecule has 0 saturated carbocycles. The Hall–Kier alpha value is -3.99. The van der Waals surface area contributed by atoms with E-state index in [1.807, 2.05) is 5.32 Å². The summed E-state index contributed by atoms with van der Waals surface area (Å²) in [5.74, 6) is -1.49. The molecule has 0 bridgehead atoms. The number of rotatable bonds is 3. The van der Waals surface area contributed by atoms with Crippen molar-refractivity contribution in [3.05, 3.63) is 47.5 Å². The highest BCUT2D eigenvalue weighted by Crippen LogP contribution is 2.39. The third-order valence-electron chi connectivity index (χ3n) is 4.39. The minimum atomic E-state index is -4.86. The fourth-order valence-electron chi connectivity index (χ4n) is 2.96. The zero-order valence-corrected chi connectivity index (χ0v) is 16.5. The Balaban J connectivity index is 1.67. The van der Waals surface area contributed by atoms with Gasteiger partial charge in [0.15, 0.2) is 28.9 Å². The van der Waals surface area contributed by atoms with Crippen molar-refractivity contribution in [2.75, 3.05) is 12.1 Å². The average Bonchev–Trinajstić information content (AvgIpc) is 3.29. The van der Waals surface area contributed by atoms with Crippen molar-refractivity contribution >= 4 is 27.6 Å². The minimum absolute atomic E-state index is 0.102. The van der Waals surface area contributed by atoms with E-state index in [-0.39, 0.29) is 35.1 Å². The van der Waals surface area contributed by atoms with Crippen LogP contribution < -0.4 is 20.1 Å². The standard InChI is InChI=1S/C18H12F3N5O5S/c19-18(20,21)15(9-4-5-12-13(6-9)31-8-30-12)24-17-16(25-32(28,29)26-17)23-11-3-1-2-10(7-22)14(11)27/h1-6,15,27H,8H2,(H,23,25)(H,24,26)/t15-/m0/s1. The first-order valence-electron chi connectivity index (χ1n) is 8.74. The summed E-state index contributed by atoms with van der Waals surface area (Å²) in [4.78, 5) is 0. The molecule has 0 fully saturated rings. The molecular formula is C18H12F3N5O5S. The number of anilines is 1. The number of phenols is 1. The van der Waals surface area contributed by atoms with E-state index < -0.39 is 39.8 Å². The number of alkyl halides is 3. The van der Waals surface area contributed by atoms with E-state index in [0.717, 1.165) is 12.1 Å². The first-order chi connectivity index (χ1) is 15.1. The molecule has 0 amide bonds. The van der Waals surface area contributed by atoms with Gasteiger partial charge in [-0.25, -0.2) is 0 Å². The average molecular weight is 467 g/mol. The molecular weight excluding hydrogens is 455 g/mol. The number of nitrogens with one attached hydrogen (secondary N) is 2. The van der Waals surface area contributed by atoms with Crippen molar-refractivity contribution in [3.8, 4) is 23.3 Å². The van der Waals surface area contributed by atoms with E-state index in [9.17, 15) is 26.7 Å². The Labute approximate surface area is 178 Å². The number of amidine groups is 2. The van der Waals surface area contributed by atoms with E-state index >= 15 is 0 Å². The Morgan fingerprint density at radius 3 is 2.56 bits per heavy atom. The van der Waals surface area contributed by atoms with Gasteiger partial charge in [0, 0.05) is 0 Å². The number of fused-ring (bicyclic) bond motifs is 1. The van der Waals surface area contributed by atoms with Crippen LogP contribution in [0, 0.1) is 11.3 Å². The Morgan fingerprint density at radius 1 is 1.12 bits per heavy atom. The third-order valence-corrected chi connectivity index (χ3v) is 5.21. The number of aromatic hydroxyl groups is 1. The number of benzene rings is 2. The van der Waals surface area contributed by atoms with Gasteiger partial charge in [-0.2, -0.15) is 26.9 Å². The molecule has 2 aromatic rings. The summed E-state index contributed by atoms with van der Waals surface area (Å²) >= 11 is 0. The normalized spacial score (nSPS) is 17.2. The highest BCUT2D eigenvalue weighted by atomic mass is 32.2. The van der Waals surface area contributed by atoms with E-state index in [1.165, 1.54) is 24.3 Å². The molecule has 2 heterocycles. The van der Waals surface area contributed by atoms with Crippen LogP contribution >= 0.6 is 0 Å². The number of nitriles is 1. The van der Waals surface area contributed by atoms with Gasteiger partial charge in [0.2, 0.25) is 6.79 Å². The fourth-order valence-corrected chi connectivity index (χ4v) is 3.73. The maximum Gasteiger partial charge on any atom is 0.412 e. The highest BCUT2D eigenvalue weighted by molar-refractivity contribution is 7.89. The van der Waals surface area contributed by atoms with Crippen LogP contribution in [0.2, 0.25) is 0 Å². The predicted octanol–water partition coefficient (Wildman–Crippen LogP) is 2.35. The van der Waals surface area contributed by atoms with Gasteiger partial charge in [0.1, 0.15) is 12.1 Å². The van der Waals surface area contributed by atoms with Crippen molar-refractivity contribution in [1.29, 1.82) is 5.26 Å². The lowest BCUT2D eigenvalue weighted by molar-refractivity contribution is -0.153. The van der Waals surface area contributed by atoms with Crippen LogP contribution in [0.4, 0.5) is 18.9 Å². The van der Waals surface area contributed by atoms with E-state index in [1.54, 1.807) is 6.07 Å². The van der Waals surface area contributed by atoms with Crippen molar-refractivity contribution in [2.45, 2.75) is 12.2 Å². The van der Waals surface area contributed by atoms with Gasteiger partial charge < -0.3 is 25.2 Å². The number of ether oxygens (including phenoxy) is 2. The molecule has 2 aliphatic heterocycles. The maximum atomic E-state index is 13.8. The second-order valence-corrected chi connectivity index (χ2v) is 7.76. The molecule has 0 radical (unpaired) electrons. The lowest BCUT2D eigenvalue weighted by Gasteiger charge is -2.23. The van der Waals surface area contributed by atoms with Crippen molar-refractivity contribution in [2.24, 2.45) is 8.80 Å². The van der Waals surface area contributed by atoms with Crippen LogP contribution in [0.25, 0.3) is 0 Å². The lowest BCUT2D eigenvalue weighted by atomic mass is 10.1. The van der Waals surface area contributed by atoms with Gasteiger partial charge >= 0.3 is 16.4 Å². The van der Waals surface area contributed by atoms with Crippen molar-refractivity contribution in [1.82, 2.24) is 5.32 Å². The summed E-state index contributed by atoms with van der Waals surface area (Å²) < 4.78 is 82.0. The molecule has 0 aromatic heterocycles. The summed E-state index contributed by atoms with van der Waals surface area (Å²) in [6.45, 7) is -0.139. The number of hydrogen-bond acceptors (Lipinski definition) is 8. The zero-order valence-electron chi connectivity index (χ0n) is 15.7. The second-order valence-electron chi connectivity index (χ2n) is 6.50. The summed E-state index contributed by atoms with van der Waals surface area (Å²) in [5, 5.41) is 23.5. The van der Waals surface area contributed by atoms with Gasteiger partial charge in [-0.05, 0) is 29.8 Å². The molecule has 32 heavy (non-hydrogen) atoms. The van der Waals surface area contributed by atoms with Gasteiger partial charge in [0.25, 0.3) is 0 Å². The summed E-state index contributed by atoms with van der Waals surface area (Å²) in [6, 6.07) is 6.84. The molecule has 0 unspecified atom stereocenters. The van der Waals surface area contributed by atoms with E-state index in [2.05, 4.69) is 14.1 Å². The topological polar surface area (TPSA) is 145 Å². The second kappa shape index (κ2) is 7.61. The minimum Gasteiger partial charge on any atom is -0.504 e. The van der Waals surface area contributed by atoms with Crippen molar-refractivity contribution in [3.63, 3.8) is 0 Å². The van der Waals surface area contributed by atoms with Crippen LogP contribution in [-0.2, 0) is 10.2 Å². The largest absolute Gasteiger partial charge is 0.504 e. The smallest absolute Gasteiger partial charge is 0.412 e. The summed E-state index contributed by atoms with van der Waals surface area (Å²) in [6.07, 6.45) is -4.86. The van der Waals surface area contributed by atoms with Gasteiger partial charge in [-0.15, -0.1) is 8.80 Å². The predicted molar refractivity (Wildman–Crippen MR) is 105 cm³/mol. The fraction of sp³-hybridized carbons (Fsp3) is 0.167. The van der Waals surface area contributed by atoms with Crippen LogP contribution in [0.5, 0.6) is 17.2 Å². The molecule has 166 valence electrons. The molecule has 3 N–H and O–H groups in total. The SMILES string of the molecule is N#Cc1cccc(NC2=NS(=O)(=O)N=C2N[C@@H](c2ccc3c(c2)OCO3)C(F)(F)F)c1O. The molecule has 1 atom stereocenters. The van der Waals surface area contributed by atoms with Crippen molar-refractivity contribution < 1.29 is 36.2 Å².